The summed E-state index contributed by atoms with van der Waals surface area (Å²) in [5, 5.41) is 3.16. The lowest BCUT2D eigenvalue weighted by atomic mass is 9.72. The van der Waals surface area contributed by atoms with Gasteiger partial charge >= 0.3 is 0 Å². The second-order valence-corrected chi connectivity index (χ2v) is 9.25. The predicted octanol–water partition coefficient (Wildman–Crippen LogP) is 4.08. The van der Waals surface area contributed by atoms with Gasteiger partial charge in [-0.3, -0.25) is 14.6 Å². The number of hydrogen-bond donors (Lipinski definition) is 1. The Labute approximate surface area is 185 Å². The zero-order chi connectivity index (χ0) is 21.8. The fourth-order valence-electron chi connectivity index (χ4n) is 4.82. The van der Waals surface area contributed by atoms with E-state index in [2.05, 4.69) is 36.3 Å². The van der Waals surface area contributed by atoms with Crippen molar-refractivity contribution in [3.8, 4) is 11.1 Å². The van der Waals surface area contributed by atoms with Gasteiger partial charge in [0.25, 0.3) is 0 Å². The quantitative estimate of drug-likeness (QED) is 0.735. The lowest BCUT2D eigenvalue weighted by Gasteiger charge is -2.41. The van der Waals surface area contributed by atoms with Crippen LogP contribution < -0.4 is 5.32 Å². The molecule has 4 rings (SSSR count). The number of hydrogen-bond acceptors (Lipinski definition) is 3. The molecule has 0 spiro atoms. The highest BCUT2D eigenvalue weighted by Gasteiger charge is 2.46. The molecule has 1 N–H and O–H groups in total. The summed E-state index contributed by atoms with van der Waals surface area (Å²) >= 11 is 0. The van der Waals surface area contributed by atoms with E-state index in [4.69, 9.17) is 0 Å². The van der Waals surface area contributed by atoms with E-state index in [1.807, 2.05) is 29.2 Å². The Balaban J connectivity index is 1.57. The molecule has 0 unspecified atom stereocenters. The smallest absolute Gasteiger partial charge is 0.226 e. The number of carbonyl (C=O) groups excluding carboxylic acids is 2. The number of benzene rings is 1. The zero-order valence-electron chi connectivity index (χ0n) is 18.6. The minimum atomic E-state index is -0.482. The van der Waals surface area contributed by atoms with Crippen LogP contribution in [0.25, 0.3) is 11.1 Å². The number of pyridine rings is 1. The van der Waals surface area contributed by atoms with Gasteiger partial charge in [0.15, 0.2) is 0 Å². The maximum atomic E-state index is 13.4. The monoisotopic (exact) mass is 419 g/mol. The summed E-state index contributed by atoms with van der Waals surface area (Å²) in [6, 6.07) is 12.4. The van der Waals surface area contributed by atoms with Crippen molar-refractivity contribution in [3.63, 3.8) is 0 Å². The van der Waals surface area contributed by atoms with Gasteiger partial charge in [0.05, 0.1) is 5.41 Å². The van der Waals surface area contributed by atoms with Crippen LogP contribution in [0, 0.1) is 17.3 Å². The van der Waals surface area contributed by atoms with E-state index in [9.17, 15) is 9.59 Å². The molecule has 2 fully saturated rings. The van der Waals surface area contributed by atoms with Gasteiger partial charge in [-0.1, -0.05) is 38.1 Å². The van der Waals surface area contributed by atoms with Crippen LogP contribution >= 0.6 is 0 Å². The Morgan fingerprint density at radius 2 is 1.81 bits per heavy atom. The second kappa shape index (κ2) is 9.21. The molecule has 31 heavy (non-hydrogen) atoms. The summed E-state index contributed by atoms with van der Waals surface area (Å²) in [4.78, 5) is 32.3. The van der Waals surface area contributed by atoms with Crippen molar-refractivity contribution in [1.29, 1.82) is 0 Å². The standard InChI is InChI=1S/C26H33N3O2/c1-3-12-28-25(31)26(10-15-29(16-11-26)24(30)23-17-19(23)2)18-21-6-4-5-7-22(21)20-8-13-27-14-9-20/h4-9,13-14,19,23H,3,10-12,15-18H2,1-2H3,(H,28,31)/t19-,23-/m1/s1. The first-order chi connectivity index (χ1) is 15.0. The van der Waals surface area contributed by atoms with E-state index < -0.39 is 5.41 Å². The molecule has 2 aliphatic rings. The first-order valence-corrected chi connectivity index (χ1v) is 11.6. The highest BCUT2D eigenvalue weighted by atomic mass is 16.2. The molecule has 1 aromatic heterocycles. The maximum Gasteiger partial charge on any atom is 0.226 e. The lowest BCUT2D eigenvalue weighted by molar-refractivity contribution is -0.141. The van der Waals surface area contributed by atoms with Crippen molar-refractivity contribution in [2.75, 3.05) is 19.6 Å². The topological polar surface area (TPSA) is 62.3 Å². The molecule has 1 saturated carbocycles. The average Bonchev–Trinajstić information content (AvgIpc) is 3.55. The third kappa shape index (κ3) is 4.65. The minimum absolute atomic E-state index is 0.130. The minimum Gasteiger partial charge on any atom is -0.356 e. The summed E-state index contributed by atoms with van der Waals surface area (Å²) in [6.45, 7) is 6.24. The van der Waals surface area contributed by atoms with Gasteiger partial charge in [-0.2, -0.15) is 0 Å². The number of carbonyl (C=O) groups is 2. The second-order valence-electron chi connectivity index (χ2n) is 9.25. The number of nitrogens with one attached hydrogen (secondary N) is 1. The van der Waals surface area contributed by atoms with E-state index in [0.717, 1.165) is 24.0 Å². The Hall–Kier alpha value is -2.69. The van der Waals surface area contributed by atoms with Gasteiger partial charge in [0.2, 0.25) is 11.8 Å². The molecule has 1 aromatic carbocycles. The average molecular weight is 420 g/mol. The van der Waals surface area contributed by atoms with Crippen molar-refractivity contribution < 1.29 is 9.59 Å². The largest absolute Gasteiger partial charge is 0.356 e. The number of amides is 2. The molecule has 0 bridgehead atoms. The highest BCUT2D eigenvalue weighted by molar-refractivity contribution is 5.85. The van der Waals surface area contributed by atoms with E-state index in [1.165, 1.54) is 5.56 Å². The van der Waals surface area contributed by atoms with Gasteiger partial charge < -0.3 is 10.2 Å². The third-order valence-electron chi connectivity index (χ3n) is 7.01. The maximum absolute atomic E-state index is 13.4. The molecule has 164 valence electrons. The van der Waals surface area contributed by atoms with Crippen LogP contribution in [0.3, 0.4) is 0 Å². The Morgan fingerprint density at radius 1 is 1.13 bits per heavy atom. The number of nitrogens with zero attached hydrogens (tertiary/aromatic N) is 2. The first kappa shape index (κ1) is 21.5. The molecule has 1 saturated heterocycles. The summed E-state index contributed by atoms with van der Waals surface area (Å²) in [7, 11) is 0. The molecule has 2 heterocycles. The summed E-state index contributed by atoms with van der Waals surface area (Å²) in [6.07, 6.45) is 7.64. The molecule has 1 aliphatic heterocycles. The van der Waals surface area contributed by atoms with Gasteiger partial charge in [-0.25, -0.2) is 0 Å². The van der Waals surface area contributed by atoms with Crippen LogP contribution in [-0.2, 0) is 16.0 Å². The van der Waals surface area contributed by atoms with Gasteiger partial charge in [-0.05, 0) is 66.8 Å². The Morgan fingerprint density at radius 3 is 2.45 bits per heavy atom. The van der Waals surface area contributed by atoms with Crippen LogP contribution in [0.2, 0.25) is 0 Å². The number of likely N-dealkylation sites (tertiary alicyclic amines) is 1. The van der Waals surface area contributed by atoms with Crippen LogP contribution in [0.4, 0.5) is 0 Å². The van der Waals surface area contributed by atoms with Crippen molar-refractivity contribution in [2.24, 2.45) is 17.3 Å². The molecule has 0 radical (unpaired) electrons. The SMILES string of the molecule is CCCNC(=O)C1(Cc2ccccc2-c2ccncc2)CCN(C(=O)[C@@H]2C[C@H]2C)CC1. The number of rotatable bonds is 7. The molecule has 2 aromatic rings. The fraction of sp³-hybridized carbons (Fsp3) is 0.500. The zero-order valence-corrected chi connectivity index (χ0v) is 18.6. The van der Waals surface area contributed by atoms with Crippen molar-refractivity contribution in [3.05, 3.63) is 54.4 Å². The lowest BCUT2D eigenvalue weighted by Crippen LogP contribution is -2.51. The molecule has 1 aliphatic carbocycles. The van der Waals surface area contributed by atoms with Crippen molar-refractivity contribution in [1.82, 2.24) is 15.2 Å². The molecular formula is C26H33N3O2. The molecule has 5 heteroatoms. The number of aromatic nitrogens is 1. The summed E-state index contributed by atoms with van der Waals surface area (Å²) in [5.74, 6) is 1.13. The molecular weight excluding hydrogens is 386 g/mol. The molecule has 2 amide bonds. The van der Waals surface area contributed by atoms with E-state index in [0.29, 0.717) is 44.8 Å². The fourth-order valence-corrected chi connectivity index (χ4v) is 4.82. The summed E-state index contributed by atoms with van der Waals surface area (Å²) < 4.78 is 0. The van der Waals surface area contributed by atoms with Gasteiger partial charge in [0.1, 0.15) is 0 Å². The van der Waals surface area contributed by atoms with Crippen LogP contribution in [0.5, 0.6) is 0 Å². The van der Waals surface area contributed by atoms with Crippen LogP contribution in [0.1, 0.15) is 45.1 Å². The van der Waals surface area contributed by atoms with Crippen LogP contribution in [-0.4, -0.2) is 41.3 Å². The van der Waals surface area contributed by atoms with Gasteiger partial charge in [-0.15, -0.1) is 0 Å². The predicted molar refractivity (Wildman–Crippen MR) is 122 cm³/mol. The van der Waals surface area contributed by atoms with E-state index in [-0.39, 0.29) is 17.7 Å². The molecule has 5 nitrogen and oxygen atoms in total. The van der Waals surface area contributed by atoms with E-state index >= 15 is 0 Å². The van der Waals surface area contributed by atoms with Crippen molar-refractivity contribution >= 4 is 11.8 Å². The first-order valence-electron chi connectivity index (χ1n) is 11.6. The van der Waals surface area contributed by atoms with Crippen molar-refractivity contribution in [2.45, 2.75) is 46.0 Å². The van der Waals surface area contributed by atoms with Crippen LogP contribution in [0.15, 0.2) is 48.8 Å². The normalized spacial score (nSPS) is 22.1. The number of piperidine rings is 1. The summed E-state index contributed by atoms with van der Waals surface area (Å²) in [5.41, 5.74) is 2.96. The Bertz CT molecular complexity index is 919. The Kier molecular flexibility index (Phi) is 6.40. The third-order valence-corrected chi connectivity index (χ3v) is 7.01. The van der Waals surface area contributed by atoms with Gasteiger partial charge in [0, 0.05) is 37.9 Å². The molecule has 2 atom stereocenters. The highest BCUT2D eigenvalue weighted by Crippen LogP contribution is 2.42. The van der Waals surface area contributed by atoms with E-state index in [1.54, 1.807) is 12.4 Å².